The second-order valence-electron chi connectivity index (χ2n) is 7.91. The molecule has 1 unspecified atom stereocenters. The number of anilines is 2. The van der Waals surface area contributed by atoms with Crippen LogP contribution in [0.15, 0.2) is 78.9 Å². The summed E-state index contributed by atoms with van der Waals surface area (Å²) in [5.41, 5.74) is 1.55. The Hall–Kier alpha value is -3.71. The van der Waals surface area contributed by atoms with Crippen molar-refractivity contribution in [2.24, 2.45) is 0 Å². The van der Waals surface area contributed by atoms with Gasteiger partial charge in [0.2, 0.25) is 5.91 Å². The molecule has 0 spiro atoms. The van der Waals surface area contributed by atoms with Gasteiger partial charge in [0.25, 0.3) is 0 Å². The normalized spacial score (nSPS) is 14.9. The maximum atomic E-state index is 12.3. The lowest BCUT2D eigenvalue weighted by Crippen LogP contribution is -2.21. The van der Waals surface area contributed by atoms with E-state index in [-0.39, 0.29) is 18.6 Å². The van der Waals surface area contributed by atoms with E-state index >= 15 is 0 Å². The van der Waals surface area contributed by atoms with Gasteiger partial charge in [-0.25, -0.2) is 0 Å². The van der Waals surface area contributed by atoms with Crippen LogP contribution in [0.2, 0.25) is 0 Å². The molecule has 1 atom stereocenters. The van der Waals surface area contributed by atoms with E-state index in [4.69, 9.17) is 18.9 Å². The SMILES string of the molecule is O=C(CNc1ccc(OCCOc2ccccc2)cc1)Nc1ccc(OCC2CCCO2)cc1. The lowest BCUT2D eigenvalue weighted by atomic mass is 10.2. The minimum absolute atomic E-state index is 0.133. The summed E-state index contributed by atoms with van der Waals surface area (Å²) >= 11 is 0. The highest BCUT2D eigenvalue weighted by Crippen LogP contribution is 2.19. The van der Waals surface area contributed by atoms with E-state index < -0.39 is 0 Å². The van der Waals surface area contributed by atoms with Crippen LogP contribution >= 0.6 is 0 Å². The van der Waals surface area contributed by atoms with Crippen LogP contribution in [0.5, 0.6) is 17.2 Å². The minimum atomic E-state index is -0.133. The van der Waals surface area contributed by atoms with Gasteiger partial charge in [0.05, 0.1) is 12.6 Å². The van der Waals surface area contributed by atoms with Crippen molar-refractivity contribution in [1.29, 1.82) is 0 Å². The van der Waals surface area contributed by atoms with Crippen molar-refractivity contribution in [3.8, 4) is 17.2 Å². The number of carbonyl (C=O) groups excluding carboxylic acids is 1. The predicted molar refractivity (Wildman–Crippen MR) is 132 cm³/mol. The first kappa shape index (κ1) is 23.4. The average Bonchev–Trinajstić information content (AvgIpc) is 3.40. The van der Waals surface area contributed by atoms with Crippen LogP contribution in [0.3, 0.4) is 0 Å². The summed E-state index contributed by atoms with van der Waals surface area (Å²) in [4.78, 5) is 12.3. The number of hydrogen-bond acceptors (Lipinski definition) is 6. The molecular formula is C27H30N2O5. The summed E-state index contributed by atoms with van der Waals surface area (Å²) in [5, 5.41) is 5.99. The maximum absolute atomic E-state index is 12.3. The molecule has 3 aromatic rings. The second-order valence-corrected chi connectivity index (χ2v) is 7.91. The molecule has 1 saturated heterocycles. The Bertz CT molecular complexity index is 1000. The summed E-state index contributed by atoms with van der Waals surface area (Å²) < 4.78 is 22.6. The Morgan fingerprint density at radius 1 is 0.794 bits per heavy atom. The van der Waals surface area contributed by atoms with Gasteiger partial charge in [-0.1, -0.05) is 18.2 Å². The number of nitrogens with one attached hydrogen (secondary N) is 2. The molecule has 1 amide bonds. The highest BCUT2D eigenvalue weighted by Gasteiger charge is 2.15. The molecule has 0 aromatic heterocycles. The third-order valence-corrected chi connectivity index (χ3v) is 5.27. The molecule has 0 aliphatic carbocycles. The number of para-hydroxylation sites is 1. The third kappa shape index (κ3) is 7.71. The molecule has 34 heavy (non-hydrogen) atoms. The average molecular weight is 463 g/mol. The van der Waals surface area contributed by atoms with Gasteiger partial charge in [-0.2, -0.15) is 0 Å². The zero-order valence-electron chi connectivity index (χ0n) is 19.1. The lowest BCUT2D eigenvalue weighted by molar-refractivity contribution is -0.114. The van der Waals surface area contributed by atoms with E-state index in [0.717, 1.165) is 48.1 Å². The Kier molecular flexibility index (Phi) is 8.63. The van der Waals surface area contributed by atoms with Crippen molar-refractivity contribution in [1.82, 2.24) is 0 Å². The highest BCUT2D eigenvalue weighted by molar-refractivity contribution is 5.93. The van der Waals surface area contributed by atoms with Crippen molar-refractivity contribution in [3.63, 3.8) is 0 Å². The molecule has 0 radical (unpaired) electrons. The topological polar surface area (TPSA) is 78.1 Å². The van der Waals surface area contributed by atoms with Crippen molar-refractivity contribution in [2.75, 3.05) is 43.6 Å². The molecule has 4 rings (SSSR count). The fraction of sp³-hybridized carbons (Fsp3) is 0.296. The smallest absolute Gasteiger partial charge is 0.243 e. The summed E-state index contributed by atoms with van der Waals surface area (Å²) in [6, 6.07) is 24.5. The van der Waals surface area contributed by atoms with Crippen LogP contribution < -0.4 is 24.8 Å². The summed E-state index contributed by atoms with van der Waals surface area (Å²) in [6.45, 7) is 2.44. The molecule has 7 heteroatoms. The van der Waals surface area contributed by atoms with Crippen LogP contribution in [-0.2, 0) is 9.53 Å². The molecule has 2 N–H and O–H groups in total. The van der Waals surface area contributed by atoms with Crippen molar-refractivity contribution in [2.45, 2.75) is 18.9 Å². The second kappa shape index (κ2) is 12.5. The van der Waals surface area contributed by atoms with Gasteiger partial charge in [-0.15, -0.1) is 0 Å². The minimum Gasteiger partial charge on any atom is -0.491 e. The van der Waals surface area contributed by atoms with Crippen molar-refractivity contribution < 1.29 is 23.7 Å². The van der Waals surface area contributed by atoms with Crippen molar-refractivity contribution >= 4 is 17.3 Å². The van der Waals surface area contributed by atoms with Gasteiger partial charge < -0.3 is 29.6 Å². The standard InChI is InChI=1S/C27H30N2O5/c30-27(29-22-10-14-25(15-11-22)34-20-26-7-4-16-31-26)19-28-21-8-12-24(13-9-21)33-18-17-32-23-5-2-1-3-6-23/h1-3,5-6,8-15,26,28H,4,7,16-20H2,(H,29,30). The number of ether oxygens (including phenoxy) is 4. The fourth-order valence-corrected chi connectivity index (χ4v) is 3.49. The molecule has 0 bridgehead atoms. The molecule has 1 aliphatic heterocycles. The van der Waals surface area contributed by atoms with Gasteiger partial charge in [-0.3, -0.25) is 4.79 Å². The molecule has 3 aromatic carbocycles. The van der Waals surface area contributed by atoms with Gasteiger partial charge >= 0.3 is 0 Å². The number of hydrogen-bond donors (Lipinski definition) is 2. The van der Waals surface area contributed by atoms with Crippen LogP contribution in [0.1, 0.15) is 12.8 Å². The fourth-order valence-electron chi connectivity index (χ4n) is 3.49. The Labute approximate surface area is 200 Å². The Balaban J connectivity index is 1.12. The highest BCUT2D eigenvalue weighted by atomic mass is 16.5. The first-order valence-electron chi connectivity index (χ1n) is 11.5. The lowest BCUT2D eigenvalue weighted by Gasteiger charge is -2.12. The monoisotopic (exact) mass is 462 g/mol. The van der Waals surface area contributed by atoms with E-state index in [1.807, 2.05) is 78.9 Å². The molecule has 178 valence electrons. The maximum Gasteiger partial charge on any atom is 0.243 e. The molecule has 1 heterocycles. The number of benzene rings is 3. The van der Waals surface area contributed by atoms with Crippen LogP contribution in [0.25, 0.3) is 0 Å². The van der Waals surface area contributed by atoms with E-state index in [0.29, 0.717) is 19.8 Å². The molecule has 1 aliphatic rings. The molecular weight excluding hydrogens is 432 g/mol. The van der Waals surface area contributed by atoms with Crippen LogP contribution in [0, 0.1) is 0 Å². The van der Waals surface area contributed by atoms with Gasteiger partial charge in [0.1, 0.15) is 37.1 Å². The van der Waals surface area contributed by atoms with E-state index in [2.05, 4.69) is 10.6 Å². The Morgan fingerprint density at radius 2 is 1.41 bits per heavy atom. The quantitative estimate of drug-likeness (QED) is 0.378. The van der Waals surface area contributed by atoms with Gasteiger partial charge in [0, 0.05) is 18.0 Å². The summed E-state index contributed by atoms with van der Waals surface area (Å²) in [5.74, 6) is 2.20. The number of rotatable bonds is 12. The predicted octanol–water partition coefficient (Wildman–Crippen LogP) is 4.75. The Morgan fingerprint density at radius 3 is 2.06 bits per heavy atom. The van der Waals surface area contributed by atoms with Gasteiger partial charge in [0.15, 0.2) is 0 Å². The number of carbonyl (C=O) groups is 1. The van der Waals surface area contributed by atoms with E-state index in [9.17, 15) is 4.79 Å². The zero-order valence-corrected chi connectivity index (χ0v) is 19.1. The largest absolute Gasteiger partial charge is 0.491 e. The summed E-state index contributed by atoms with van der Waals surface area (Å²) in [6.07, 6.45) is 2.32. The van der Waals surface area contributed by atoms with Crippen molar-refractivity contribution in [3.05, 3.63) is 78.9 Å². The van der Waals surface area contributed by atoms with Gasteiger partial charge in [-0.05, 0) is 73.5 Å². The summed E-state index contributed by atoms with van der Waals surface area (Å²) in [7, 11) is 0. The first-order chi connectivity index (χ1) is 16.7. The zero-order chi connectivity index (χ0) is 23.4. The van der Waals surface area contributed by atoms with E-state index in [1.165, 1.54) is 0 Å². The number of amides is 1. The van der Waals surface area contributed by atoms with Crippen LogP contribution in [-0.4, -0.2) is 45.0 Å². The molecule has 0 saturated carbocycles. The van der Waals surface area contributed by atoms with Crippen LogP contribution in [0.4, 0.5) is 11.4 Å². The van der Waals surface area contributed by atoms with E-state index in [1.54, 1.807) is 0 Å². The molecule has 7 nitrogen and oxygen atoms in total. The molecule has 1 fully saturated rings. The third-order valence-electron chi connectivity index (χ3n) is 5.27. The first-order valence-corrected chi connectivity index (χ1v) is 11.5.